The number of hydrogen-bond donors (Lipinski definition) is 0. The van der Waals surface area contributed by atoms with Gasteiger partial charge in [-0.05, 0) is 36.2 Å². The Hall–Kier alpha value is -2.36. The number of methoxy groups -OCH3 is 2. The van der Waals surface area contributed by atoms with E-state index >= 15 is 0 Å². The monoisotopic (exact) mass is 268 g/mol. The lowest BCUT2D eigenvalue weighted by Gasteiger charge is -2.19. The van der Waals surface area contributed by atoms with Crippen molar-refractivity contribution in [3.63, 3.8) is 0 Å². The van der Waals surface area contributed by atoms with Gasteiger partial charge >= 0.3 is 0 Å². The quantitative estimate of drug-likeness (QED) is 0.859. The Labute approximate surface area is 118 Å². The minimum Gasteiger partial charge on any atom is -0.493 e. The van der Waals surface area contributed by atoms with Crippen molar-refractivity contribution in [2.24, 2.45) is 4.99 Å². The summed E-state index contributed by atoms with van der Waals surface area (Å²) < 4.78 is 10.8. The van der Waals surface area contributed by atoms with E-state index in [1.54, 1.807) is 26.6 Å². The summed E-state index contributed by atoms with van der Waals surface area (Å²) >= 11 is 0. The van der Waals surface area contributed by atoms with E-state index < -0.39 is 0 Å². The zero-order valence-corrected chi connectivity index (χ0v) is 11.6. The number of fused-ring (bicyclic) bond motifs is 1. The van der Waals surface area contributed by atoms with Crippen LogP contribution in [-0.4, -0.2) is 31.5 Å². The fourth-order valence-corrected chi connectivity index (χ4v) is 2.48. The van der Waals surface area contributed by atoms with E-state index in [1.807, 2.05) is 24.3 Å². The SMILES string of the molecule is COc1cc2c(cc1OC)C(c1ccncc1)=NCC2. The van der Waals surface area contributed by atoms with E-state index in [1.165, 1.54) is 5.56 Å². The van der Waals surface area contributed by atoms with Crippen molar-refractivity contribution in [2.75, 3.05) is 20.8 Å². The Morgan fingerprint density at radius 3 is 2.40 bits per heavy atom. The van der Waals surface area contributed by atoms with Crippen LogP contribution in [0.4, 0.5) is 0 Å². The molecule has 1 aliphatic rings. The second-order valence-corrected chi connectivity index (χ2v) is 4.58. The molecule has 0 radical (unpaired) electrons. The first kappa shape index (κ1) is 12.7. The molecule has 20 heavy (non-hydrogen) atoms. The summed E-state index contributed by atoms with van der Waals surface area (Å²) in [5, 5.41) is 0. The Bertz CT molecular complexity index is 651. The molecule has 1 aromatic heterocycles. The zero-order valence-electron chi connectivity index (χ0n) is 11.6. The van der Waals surface area contributed by atoms with Gasteiger partial charge in [0.2, 0.25) is 0 Å². The molecule has 0 amide bonds. The largest absolute Gasteiger partial charge is 0.493 e. The van der Waals surface area contributed by atoms with E-state index in [-0.39, 0.29) is 0 Å². The van der Waals surface area contributed by atoms with E-state index in [9.17, 15) is 0 Å². The first-order chi connectivity index (χ1) is 9.83. The highest BCUT2D eigenvalue weighted by Gasteiger charge is 2.19. The van der Waals surface area contributed by atoms with Crippen LogP contribution in [0.3, 0.4) is 0 Å². The van der Waals surface area contributed by atoms with Gasteiger partial charge in [0, 0.05) is 30.1 Å². The van der Waals surface area contributed by atoms with Crippen molar-refractivity contribution >= 4 is 5.71 Å². The average molecular weight is 268 g/mol. The van der Waals surface area contributed by atoms with Gasteiger partial charge in [-0.2, -0.15) is 0 Å². The molecular weight excluding hydrogens is 252 g/mol. The fraction of sp³-hybridized carbons (Fsp3) is 0.250. The van der Waals surface area contributed by atoms with Gasteiger partial charge in [0.15, 0.2) is 11.5 Å². The van der Waals surface area contributed by atoms with Crippen LogP contribution >= 0.6 is 0 Å². The van der Waals surface area contributed by atoms with Crippen LogP contribution in [-0.2, 0) is 6.42 Å². The van der Waals surface area contributed by atoms with Crippen LogP contribution in [0.5, 0.6) is 11.5 Å². The predicted molar refractivity (Wildman–Crippen MR) is 78.0 cm³/mol. The summed E-state index contributed by atoms with van der Waals surface area (Å²) in [5.74, 6) is 1.50. The molecule has 3 rings (SSSR count). The van der Waals surface area contributed by atoms with Gasteiger partial charge in [0.25, 0.3) is 0 Å². The molecule has 1 aromatic carbocycles. The fourth-order valence-electron chi connectivity index (χ4n) is 2.48. The van der Waals surface area contributed by atoms with Gasteiger partial charge in [0.05, 0.1) is 19.9 Å². The van der Waals surface area contributed by atoms with E-state index in [2.05, 4.69) is 9.98 Å². The first-order valence-electron chi connectivity index (χ1n) is 6.53. The Morgan fingerprint density at radius 1 is 1.00 bits per heavy atom. The molecule has 0 saturated carbocycles. The molecule has 0 bridgehead atoms. The summed E-state index contributed by atoms with van der Waals surface area (Å²) in [5.41, 5.74) is 4.42. The maximum absolute atomic E-state index is 5.39. The zero-order chi connectivity index (χ0) is 13.9. The number of benzene rings is 1. The van der Waals surface area contributed by atoms with Crippen LogP contribution in [0.15, 0.2) is 41.7 Å². The van der Waals surface area contributed by atoms with Crippen LogP contribution in [0.2, 0.25) is 0 Å². The van der Waals surface area contributed by atoms with Crippen molar-refractivity contribution in [3.8, 4) is 11.5 Å². The molecular formula is C16H16N2O2. The van der Waals surface area contributed by atoms with Gasteiger partial charge in [-0.1, -0.05) is 0 Å². The number of aliphatic imine (C=N–C) groups is 1. The van der Waals surface area contributed by atoms with Gasteiger partial charge in [-0.15, -0.1) is 0 Å². The first-order valence-corrected chi connectivity index (χ1v) is 6.53. The summed E-state index contributed by atoms with van der Waals surface area (Å²) in [6.07, 6.45) is 4.49. The molecule has 4 heteroatoms. The number of ether oxygens (including phenoxy) is 2. The highest BCUT2D eigenvalue weighted by Crippen LogP contribution is 2.33. The van der Waals surface area contributed by atoms with Crippen molar-refractivity contribution in [2.45, 2.75) is 6.42 Å². The van der Waals surface area contributed by atoms with Gasteiger partial charge < -0.3 is 9.47 Å². The number of nitrogens with zero attached hydrogens (tertiary/aromatic N) is 2. The Morgan fingerprint density at radius 2 is 1.70 bits per heavy atom. The molecule has 1 aliphatic heterocycles. The van der Waals surface area contributed by atoms with E-state index in [0.717, 1.165) is 41.3 Å². The molecule has 0 spiro atoms. The normalized spacial score (nSPS) is 13.4. The average Bonchev–Trinajstić information content (AvgIpc) is 2.53. The minimum atomic E-state index is 0.731. The van der Waals surface area contributed by atoms with Gasteiger partial charge in [0.1, 0.15) is 0 Å². The van der Waals surface area contributed by atoms with Crippen LogP contribution in [0, 0.1) is 0 Å². The molecule has 2 heterocycles. The molecule has 0 aliphatic carbocycles. The summed E-state index contributed by atoms with van der Waals surface area (Å²) in [6, 6.07) is 8.01. The second-order valence-electron chi connectivity index (χ2n) is 4.58. The molecule has 0 atom stereocenters. The van der Waals surface area contributed by atoms with Crippen molar-refractivity contribution < 1.29 is 9.47 Å². The van der Waals surface area contributed by atoms with Gasteiger partial charge in [-0.25, -0.2) is 0 Å². The summed E-state index contributed by atoms with van der Waals surface area (Å²) in [7, 11) is 3.31. The van der Waals surface area contributed by atoms with Crippen molar-refractivity contribution in [1.29, 1.82) is 0 Å². The lowest BCUT2D eigenvalue weighted by molar-refractivity contribution is 0.354. The summed E-state index contributed by atoms with van der Waals surface area (Å²) in [4.78, 5) is 8.72. The highest BCUT2D eigenvalue weighted by atomic mass is 16.5. The second kappa shape index (κ2) is 5.33. The molecule has 102 valence electrons. The topological polar surface area (TPSA) is 43.7 Å². The number of rotatable bonds is 3. The maximum atomic E-state index is 5.39. The van der Waals surface area contributed by atoms with Gasteiger partial charge in [-0.3, -0.25) is 9.98 Å². The van der Waals surface area contributed by atoms with Crippen LogP contribution in [0.1, 0.15) is 16.7 Å². The lowest BCUT2D eigenvalue weighted by Crippen LogP contribution is -2.14. The number of hydrogen-bond acceptors (Lipinski definition) is 4. The van der Waals surface area contributed by atoms with Crippen molar-refractivity contribution in [1.82, 2.24) is 4.98 Å². The number of pyridine rings is 1. The smallest absolute Gasteiger partial charge is 0.161 e. The maximum Gasteiger partial charge on any atom is 0.161 e. The third-order valence-corrected chi connectivity index (χ3v) is 3.47. The Kier molecular flexibility index (Phi) is 3.37. The molecule has 4 nitrogen and oxygen atoms in total. The lowest BCUT2D eigenvalue weighted by atomic mass is 9.93. The molecule has 0 fully saturated rings. The Balaban J connectivity index is 2.13. The van der Waals surface area contributed by atoms with Crippen molar-refractivity contribution in [3.05, 3.63) is 53.3 Å². The highest BCUT2D eigenvalue weighted by molar-refractivity contribution is 6.14. The molecule has 0 saturated heterocycles. The number of aromatic nitrogens is 1. The molecule has 0 N–H and O–H groups in total. The van der Waals surface area contributed by atoms with Crippen LogP contribution in [0.25, 0.3) is 0 Å². The van der Waals surface area contributed by atoms with E-state index in [4.69, 9.17) is 9.47 Å². The third-order valence-electron chi connectivity index (χ3n) is 3.47. The molecule has 2 aromatic rings. The third kappa shape index (κ3) is 2.13. The van der Waals surface area contributed by atoms with E-state index in [0.29, 0.717) is 0 Å². The molecule has 0 unspecified atom stereocenters. The van der Waals surface area contributed by atoms with Crippen LogP contribution < -0.4 is 9.47 Å². The standard InChI is InChI=1S/C16H16N2O2/c1-19-14-9-12-5-8-18-16(11-3-6-17-7-4-11)13(12)10-15(14)20-2/h3-4,6-7,9-10H,5,8H2,1-2H3. The summed E-state index contributed by atoms with van der Waals surface area (Å²) in [6.45, 7) is 0.792. The minimum absolute atomic E-state index is 0.731. The predicted octanol–water partition coefficient (Wildman–Crippen LogP) is 2.49.